The lowest BCUT2D eigenvalue weighted by molar-refractivity contribution is 0.0944. The van der Waals surface area contributed by atoms with Gasteiger partial charge in [-0.25, -0.2) is 4.98 Å². The normalized spacial score (nSPS) is 10.9. The Balaban J connectivity index is 1.54. The monoisotopic (exact) mass is 463 g/mol. The minimum Gasteiger partial charge on any atom is -0.347 e. The van der Waals surface area contributed by atoms with E-state index in [2.05, 4.69) is 54.5 Å². The van der Waals surface area contributed by atoms with E-state index in [-0.39, 0.29) is 5.91 Å². The number of aromatic nitrogens is 2. The van der Waals surface area contributed by atoms with Crippen LogP contribution >= 0.6 is 23.2 Å². The third kappa shape index (κ3) is 4.72. The summed E-state index contributed by atoms with van der Waals surface area (Å²) in [6.45, 7) is 6.41. The zero-order valence-electron chi connectivity index (χ0n) is 18.1. The Bertz CT molecular complexity index is 1250. The van der Waals surface area contributed by atoms with Gasteiger partial charge in [-0.2, -0.15) is 0 Å². The van der Waals surface area contributed by atoms with Crippen molar-refractivity contribution in [2.45, 2.75) is 27.3 Å². The second-order valence-electron chi connectivity index (χ2n) is 7.94. The predicted molar refractivity (Wildman–Crippen MR) is 131 cm³/mol. The lowest BCUT2D eigenvalue weighted by atomic mass is 10.0. The van der Waals surface area contributed by atoms with Crippen LogP contribution in [0.4, 0.5) is 0 Å². The van der Waals surface area contributed by atoms with Gasteiger partial charge in [-0.05, 0) is 67.3 Å². The molecule has 1 heterocycles. The highest BCUT2D eigenvalue weighted by atomic mass is 35.5. The summed E-state index contributed by atoms with van der Waals surface area (Å²) in [5, 5.41) is 4.04. The third-order valence-electron chi connectivity index (χ3n) is 5.38. The molecule has 0 bridgehead atoms. The summed E-state index contributed by atoms with van der Waals surface area (Å²) in [7, 11) is 0. The van der Waals surface area contributed by atoms with Crippen molar-refractivity contribution < 1.29 is 4.79 Å². The molecule has 0 saturated heterocycles. The molecule has 0 aliphatic heterocycles. The number of nitrogens with one attached hydrogen (secondary N) is 1. The zero-order valence-corrected chi connectivity index (χ0v) is 19.6. The molecule has 0 radical (unpaired) electrons. The lowest BCUT2D eigenvalue weighted by Gasteiger charge is -2.12. The predicted octanol–water partition coefficient (Wildman–Crippen LogP) is 6.70. The molecule has 3 aromatic carbocycles. The number of carbonyl (C=O) groups is 1. The molecule has 0 fully saturated rings. The molecular weight excluding hydrogens is 441 g/mol. The van der Waals surface area contributed by atoms with E-state index in [0.717, 1.165) is 22.4 Å². The largest absolute Gasteiger partial charge is 0.347 e. The van der Waals surface area contributed by atoms with Crippen molar-refractivity contribution in [1.29, 1.82) is 0 Å². The molecule has 4 nitrogen and oxygen atoms in total. The number of benzene rings is 3. The average molecular weight is 464 g/mol. The van der Waals surface area contributed by atoms with Gasteiger partial charge in [-0.15, -0.1) is 0 Å². The van der Waals surface area contributed by atoms with Gasteiger partial charge < -0.3 is 5.32 Å². The Hall–Kier alpha value is -3.08. The van der Waals surface area contributed by atoms with Crippen molar-refractivity contribution in [3.05, 3.63) is 105 Å². The maximum absolute atomic E-state index is 12.9. The standard InChI is InChI=1S/C26H23Cl2N3O/c1-16-8-17(2)10-20(9-16)19-4-6-22(7-5-19)31-15-29-14-25(31)26(32)30-13-23-18(3)11-21(27)12-24(23)28/h4-12,14-15H,13H2,1-3H3,(H,30,32). The summed E-state index contributed by atoms with van der Waals surface area (Å²) in [5.74, 6) is -0.230. The van der Waals surface area contributed by atoms with Crippen molar-refractivity contribution in [2.24, 2.45) is 0 Å². The molecule has 0 atom stereocenters. The molecule has 6 heteroatoms. The van der Waals surface area contributed by atoms with E-state index >= 15 is 0 Å². The van der Waals surface area contributed by atoms with E-state index in [0.29, 0.717) is 22.3 Å². The number of rotatable bonds is 5. The van der Waals surface area contributed by atoms with Crippen LogP contribution < -0.4 is 5.32 Å². The fourth-order valence-electron chi connectivity index (χ4n) is 3.84. The van der Waals surface area contributed by atoms with E-state index in [9.17, 15) is 4.79 Å². The third-order valence-corrected chi connectivity index (χ3v) is 5.94. The number of amides is 1. The van der Waals surface area contributed by atoms with Gasteiger partial charge in [0.2, 0.25) is 0 Å². The van der Waals surface area contributed by atoms with Gasteiger partial charge in [0.05, 0.1) is 12.5 Å². The quantitative estimate of drug-likeness (QED) is 0.357. The molecule has 0 saturated carbocycles. The first-order valence-electron chi connectivity index (χ1n) is 10.3. The fourth-order valence-corrected chi connectivity index (χ4v) is 4.50. The fraction of sp³-hybridized carbons (Fsp3) is 0.154. The van der Waals surface area contributed by atoms with Crippen molar-refractivity contribution in [3.63, 3.8) is 0 Å². The van der Waals surface area contributed by atoms with E-state index < -0.39 is 0 Å². The highest BCUT2D eigenvalue weighted by Crippen LogP contribution is 2.26. The maximum atomic E-state index is 12.9. The highest BCUT2D eigenvalue weighted by Gasteiger charge is 2.15. The molecule has 32 heavy (non-hydrogen) atoms. The molecule has 1 aromatic heterocycles. The number of hydrogen-bond donors (Lipinski definition) is 1. The van der Waals surface area contributed by atoms with Crippen LogP contribution in [0.5, 0.6) is 0 Å². The van der Waals surface area contributed by atoms with Gasteiger partial charge in [-0.3, -0.25) is 9.36 Å². The summed E-state index contributed by atoms with van der Waals surface area (Å²) in [5.41, 5.74) is 7.84. The Labute approximate surface area is 197 Å². The molecule has 4 rings (SSSR count). The van der Waals surface area contributed by atoms with Gasteiger partial charge in [0.15, 0.2) is 0 Å². The number of carbonyl (C=O) groups excluding carboxylic acids is 1. The van der Waals surface area contributed by atoms with Crippen LogP contribution in [0.1, 0.15) is 32.7 Å². The van der Waals surface area contributed by atoms with Crippen LogP contribution in [-0.4, -0.2) is 15.5 Å². The van der Waals surface area contributed by atoms with Crippen LogP contribution in [0.15, 0.2) is 67.1 Å². The van der Waals surface area contributed by atoms with Gasteiger partial charge in [0, 0.05) is 22.3 Å². The highest BCUT2D eigenvalue weighted by molar-refractivity contribution is 6.35. The summed E-state index contributed by atoms with van der Waals surface area (Å²) in [6.07, 6.45) is 3.20. The molecule has 0 aliphatic carbocycles. The van der Waals surface area contributed by atoms with Crippen LogP contribution in [0.2, 0.25) is 10.0 Å². The number of nitrogens with zero attached hydrogens (tertiary/aromatic N) is 2. The molecule has 162 valence electrons. The molecular formula is C26H23Cl2N3O. The van der Waals surface area contributed by atoms with Crippen LogP contribution in [0, 0.1) is 20.8 Å². The Morgan fingerprint density at radius 2 is 1.62 bits per heavy atom. The second kappa shape index (κ2) is 9.19. The number of halogens is 2. The number of imidazole rings is 1. The number of hydrogen-bond acceptors (Lipinski definition) is 2. The average Bonchev–Trinajstić information content (AvgIpc) is 3.22. The van der Waals surface area contributed by atoms with Gasteiger partial charge in [0.1, 0.15) is 5.69 Å². The van der Waals surface area contributed by atoms with Crippen molar-refractivity contribution in [1.82, 2.24) is 14.9 Å². The Kier molecular flexibility index (Phi) is 6.35. The SMILES string of the molecule is Cc1cc(C)cc(-c2ccc(-n3cncc3C(=O)NCc3c(C)cc(Cl)cc3Cl)cc2)c1. The van der Waals surface area contributed by atoms with Crippen LogP contribution in [0.3, 0.4) is 0 Å². The Morgan fingerprint density at radius 3 is 2.28 bits per heavy atom. The topological polar surface area (TPSA) is 46.9 Å². The van der Waals surface area contributed by atoms with Crippen LogP contribution in [-0.2, 0) is 6.54 Å². The lowest BCUT2D eigenvalue weighted by Crippen LogP contribution is -2.25. The van der Waals surface area contributed by atoms with Crippen molar-refractivity contribution in [3.8, 4) is 16.8 Å². The van der Waals surface area contributed by atoms with E-state index in [4.69, 9.17) is 23.2 Å². The zero-order chi connectivity index (χ0) is 22.8. The second-order valence-corrected chi connectivity index (χ2v) is 8.78. The summed E-state index contributed by atoms with van der Waals surface area (Å²) < 4.78 is 1.77. The smallest absolute Gasteiger partial charge is 0.270 e. The summed E-state index contributed by atoms with van der Waals surface area (Å²) in [6, 6.07) is 18.1. The van der Waals surface area contributed by atoms with Gasteiger partial charge in [0.25, 0.3) is 5.91 Å². The maximum Gasteiger partial charge on any atom is 0.270 e. The van der Waals surface area contributed by atoms with Gasteiger partial charge >= 0.3 is 0 Å². The minimum absolute atomic E-state index is 0.230. The van der Waals surface area contributed by atoms with Crippen molar-refractivity contribution in [2.75, 3.05) is 0 Å². The van der Waals surface area contributed by atoms with E-state index in [1.807, 2.05) is 25.1 Å². The number of aryl methyl sites for hydroxylation is 3. The summed E-state index contributed by atoms with van der Waals surface area (Å²) >= 11 is 12.3. The van der Waals surface area contributed by atoms with E-state index in [1.54, 1.807) is 23.2 Å². The first-order valence-corrected chi connectivity index (χ1v) is 11.0. The molecule has 1 amide bonds. The first kappa shape index (κ1) is 22.1. The molecule has 0 unspecified atom stereocenters. The first-order chi connectivity index (χ1) is 15.3. The molecule has 4 aromatic rings. The Morgan fingerprint density at radius 1 is 0.938 bits per heavy atom. The summed E-state index contributed by atoms with van der Waals surface area (Å²) in [4.78, 5) is 17.1. The van der Waals surface area contributed by atoms with E-state index in [1.165, 1.54) is 16.7 Å². The molecule has 1 N–H and O–H groups in total. The molecule has 0 aliphatic rings. The molecule has 0 spiro atoms. The van der Waals surface area contributed by atoms with Gasteiger partial charge in [-0.1, -0.05) is 64.7 Å². The van der Waals surface area contributed by atoms with Crippen molar-refractivity contribution >= 4 is 29.1 Å². The minimum atomic E-state index is -0.230. The van der Waals surface area contributed by atoms with Crippen LogP contribution in [0.25, 0.3) is 16.8 Å².